The van der Waals surface area contributed by atoms with E-state index in [1.165, 1.54) is 38.9 Å². The summed E-state index contributed by atoms with van der Waals surface area (Å²) in [5, 5.41) is 0. The van der Waals surface area contributed by atoms with Crippen molar-refractivity contribution >= 4 is 0 Å². The molecule has 33 heavy (non-hydrogen) atoms. The molecular formula is C32H31F. The summed E-state index contributed by atoms with van der Waals surface area (Å²) < 4.78 is 13.5. The molecule has 0 N–H and O–H groups in total. The van der Waals surface area contributed by atoms with E-state index in [0.29, 0.717) is 17.8 Å². The summed E-state index contributed by atoms with van der Waals surface area (Å²) in [6.45, 7) is 9.09. The summed E-state index contributed by atoms with van der Waals surface area (Å²) in [5.74, 6) is 1.48. The fourth-order valence-corrected chi connectivity index (χ4v) is 5.66. The van der Waals surface area contributed by atoms with Gasteiger partial charge in [-0.1, -0.05) is 100 Å². The maximum Gasteiger partial charge on any atom is 0.123 e. The van der Waals surface area contributed by atoms with Gasteiger partial charge in [0.1, 0.15) is 5.82 Å². The molecule has 0 radical (unpaired) electrons. The molecule has 0 aromatic heterocycles. The number of fused-ring (bicyclic) bond motifs is 3. The quantitative estimate of drug-likeness (QED) is 0.294. The second-order valence-corrected chi connectivity index (χ2v) is 10.0. The minimum Gasteiger partial charge on any atom is -0.207 e. The van der Waals surface area contributed by atoms with Gasteiger partial charge < -0.3 is 0 Å². The highest BCUT2D eigenvalue weighted by Gasteiger charge is 2.30. The normalized spacial score (nSPS) is 15.5. The first-order chi connectivity index (χ1) is 15.9. The maximum atomic E-state index is 13.5. The Labute approximate surface area is 197 Å². The van der Waals surface area contributed by atoms with Crippen LogP contribution in [0.4, 0.5) is 4.39 Å². The topological polar surface area (TPSA) is 0 Å². The van der Waals surface area contributed by atoms with Crippen LogP contribution in [0.1, 0.15) is 61.8 Å². The van der Waals surface area contributed by atoms with E-state index in [2.05, 4.69) is 94.4 Å². The van der Waals surface area contributed by atoms with Gasteiger partial charge in [0.2, 0.25) is 0 Å². The Bertz CT molecular complexity index is 1260. The highest BCUT2D eigenvalue weighted by Crippen LogP contribution is 2.49. The molecule has 5 rings (SSSR count). The van der Waals surface area contributed by atoms with Crippen LogP contribution in [0.3, 0.4) is 0 Å². The smallest absolute Gasteiger partial charge is 0.123 e. The van der Waals surface area contributed by atoms with Crippen molar-refractivity contribution in [3.8, 4) is 22.3 Å². The molecule has 1 aliphatic rings. The molecule has 0 nitrogen and oxygen atoms in total. The summed E-state index contributed by atoms with van der Waals surface area (Å²) >= 11 is 0. The Morgan fingerprint density at radius 3 is 1.82 bits per heavy atom. The molecule has 0 aliphatic heterocycles. The fraction of sp³-hybridized carbons (Fsp3) is 0.250. The summed E-state index contributed by atoms with van der Waals surface area (Å²) in [5.41, 5.74) is 10.6. The van der Waals surface area contributed by atoms with Crippen LogP contribution in [0.2, 0.25) is 0 Å². The average Bonchev–Trinajstić information content (AvgIpc) is 3.15. The summed E-state index contributed by atoms with van der Waals surface area (Å²) in [6, 6.07) is 31.7. The van der Waals surface area contributed by atoms with Crippen LogP contribution in [-0.2, 0) is 0 Å². The van der Waals surface area contributed by atoms with Gasteiger partial charge in [-0.05, 0) is 74.5 Å². The minimum atomic E-state index is -0.185. The molecule has 0 saturated heterocycles. The number of benzene rings is 4. The Morgan fingerprint density at radius 2 is 1.18 bits per heavy atom. The van der Waals surface area contributed by atoms with E-state index in [0.717, 1.165) is 5.56 Å². The minimum absolute atomic E-state index is 0.185. The van der Waals surface area contributed by atoms with Gasteiger partial charge in [-0.25, -0.2) is 4.39 Å². The SMILES string of the molecule is CC(C)C(c1ccc(F)cc1)c1ccc(-c2ccc3c(c2)C(C(C)C)c2ccccc2-3)cc1. The Kier molecular flexibility index (Phi) is 5.66. The van der Waals surface area contributed by atoms with Crippen LogP contribution in [0.15, 0.2) is 91.0 Å². The van der Waals surface area contributed by atoms with Crippen molar-refractivity contribution in [3.05, 3.63) is 119 Å². The molecule has 1 heteroatoms. The predicted molar refractivity (Wildman–Crippen MR) is 137 cm³/mol. The van der Waals surface area contributed by atoms with Crippen LogP contribution in [0, 0.1) is 17.7 Å². The molecule has 166 valence electrons. The molecule has 4 aromatic carbocycles. The lowest BCUT2D eigenvalue weighted by atomic mass is 9.82. The lowest BCUT2D eigenvalue weighted by Gasteiger charge is -2.22. The molecule has 2 unspecified atom stereocenters. The van der Waals surface area contributed by atoms with Gasteiger partial charge in [0.15, 0.2) is 0 Å². The van der Waals surface area contributed by atoms with Crippen molar-refractivity contribution < 1.29 is 4.39 Å². The van der Waals surface area contributed by atoms with Crippen molar-refractivity contribution in [2.45, 2.75) is 39.5 Å². The zero-order valence-corrected chi connectivity index (χ0v) is 19.8. The first-order valence-electron chi connectivity index (χ1n) is 12.0. The second-order valence-electron chi connectivity index (χ2n) is 10.0. The molecule has 4 aromatic rings. The van der Waals surface area contributed by atoms with Crippen molar-refractivity contribution in [3.63, 3.8) is 0 Å². The molecule has 1 aliphatic carbocycles. The lowest BCUT2D eigenvalue weighted by Crippen LogP contribution is -2.08. The highest BCUT2D eigenvalue weighted by atomic mass is 19.1. The second kappa shape index (κ2) is 8.63. The van der Waals surface area contributed by atoms with E-state index in [1.807, 2.05) is 12.1 Å². The van der Waals surface area contributed by atoms with Crippen molar-refractivity contribution in [1.29, 1.82) is 0 Å². The molecule has 0 fully saturated rings. The fourth-order valence-electron chi connectivity index (χ4n) is 5.66. The van der Waals surface area contributed by atoms with Gasteiger partial charge in [0.25, 0.3) is 0 Å². The van der Waals surface area contributed by atoms with Crippen molar-refractivity contribution in [2.24, 2.45) is 11.8 Å². The van der Waals surface area contributed by atoms with E-state index in [1.54, 1.807) is 12.1 Å². The Hall–Kier alpha value is -3.19. The third-order valence-electron chi connectivity index (χ3n) is 7.14. The summed E-state index contributed by atoms with van der Waals surface area (Å²) in [7, 11) is 0. The molecule has 0 bridgehead atoms. The number of rotatable bonds is 5. The van der Waals surface area contributed by atoms with E-state index >= 15 is 0 Å². The number of halogens is 1. The van der Waals surface area contributed by atoms with Gasteiger partial charge >= 0.3 is 0 Å². The monoisotopic (exact) mass is 434 g/mol. The van der Waals surface area contributed by atoms with Gasteiger partial charge in [0.05, 0.1) is 0 Å². The molecule has 0 amide bonds. The third-order valence-corrected chi connectivity index (χ3v) is 7.14. The van der Waals surface area contributed by atoms with E-state index in [4.69, 9.17) is 0 Å². The number of hydrogen-bond acceptors (Lipinski definition) is 0. The lowest BCUT2D eigenvalue weighted by molar-refractivity contribution is 0.561. The standard InChI is InChI=1S/C32H31F/c1-20(2)31(24-13-16-26(33)17-14-24)23-11-9-22(10-12-23)25-15-18-28-27-7-5-6-8-29(27)32(21(3)4)30(28)19-25/h5-21,31-32H,1-4H3. The van der Waals surface area contributed by atoms with E-state index in [-0.39, 0.29) is 11.7 Å². The average molecular weight is 435 g/mol. The molecule has 0 saturated carbocycles. The van der Waals surface area contributed by atoms with Crippen LogP contribution >= 0.6 is 0 Å². The van der Waals surface area contributed by atoms with Crippen molar-refractivity contribution in [1.82, 2.24) is 0 Å². The molecule has 2 atom stereocenters. The van der Waals surface area contributed by atoms with Gasteiger partial charge in [-0.3, -0.25) is 0 Å². The maximum absolute atomic E-state index is 13.5. The van der Waals surface area contributed by atoms with E-state index < -0.39 is 0 Å². The third kappa shape index (κ3) is 3.91. The van der Waals surface area contributed by atoms with Crippen LogP contribution in [0.5, 0.6) is 0 Å². The van der Waals surface area contributed by atoms with E-state index in [9.17, 15) is 4.39 Å². The van der Waals surface area contributed by atoms with Gasteiger partial charge in [0, 0.05) is 11.8 Å². The Balaban J connectivity index is 1.50. The predicted octanol–water partition coefficient (Wildman–Crippen LogP) is 9.05. The number of hydrogen-bond donors (Lipinski definition) is 0. The van der Waals surface area contributed by atoms with Crippen LogP contribution in [0.25, 0.3) is 22.3 Å². The van der Waals surface area contributed by atoms with Crippen LogP contribution < -0.4 is 0 Å². The largest absolute Gasteiger partial charge is 0.207 e. The summed E-state index contributed by atoms with van der Waals surface area (Å²) in [6.07, 6.45) is 0. The van der Waals surface area contributed by atoms with Gasteiger partial charge in [-0.2, -0.15) is 0 Å². The van der Waals surface area contributed by atoms with Crippen LogP contribution in [-0.4, -0.2) is 0 Å². The zero-order chi connectivity index (χ0) is 23.1. The van der Waals surface area contributed by atoms with Gasteiger partial charge in [-0.15, -0.1) is 0 Å². The molecule has 0 heterocycles. The molecular weight excluding hydrogens is 403 g/mol. The summed E-state index contributed by atoms with van der Waals surface area (Å²) in [4.78, 5) is 0. The van der Waals surface area contributed by atoms with Crippen molar-refractivity contribution in [2.75, 3.05) is 0 Å². The zero-order valence-electron chi connectivity index (χ0n) is 19.8. The Morgan fingerprint density at radius 1 is 0.606 bits per heavy atom. The molecule has 0 spiro atoms. The first kappa shape index (κ1) is 21.6. The first-order valence-corrected chi connectivity index (χ1v) is 12.0. The highest BCUT2D eigenvalue weighted by molar-refractivity contribution is 5.82.